The molecular formula is C15H12N8O4. The topological polar surface area (TPSA) is 194 Å². The molecule has 0 amide bonds. The second-order valence-electron chi connectivity index (χ2n) is 5.04. The maximum absolute atomic E-state index is 10.5. The Hall–Kier alpha value is -4.53. The molecule has 12 nitrogen and oxygen atoms in total. The number of aromatic nitrogens is 2. The van der Waals surface area contributed by atoms with Crippen molar-refractivity contribution in [3.8, 4) is 0 Å². The summed E-state index contributed by atoms with van der Waals surface area (Å²) in [5.41, 5.74) is 17.0. The number of nitro groups is 2. The second-order valence-corrected chi connectivity index (χ2v) is 5.04. The lowest BCUT2D eigenvalue weighted by molar-refractivity contribution is -0.384. The van der Waals surface area contributed by atoms with Crippen molar-refractivity contribution < 1.29 is 9.85 Å². The van der Waals surface area contributed by atoms with Crippen LogP contribution in [0.3, 0.4) is 0 Å². The Kier molecular flexibility index (Phi) is 5.27. The van der Waals surface area contributed by atoms with E-state index in [9.17, 15) is 20.2 Å². The quantitative estimate of drug-likeness (QED) is 0.263. The van der Waals surface area contributed by atoms with Crippen LogP contribution < -0.4 is 17.2 Å². The molecule has 0 bridgehead atoms. The summed E-state index contributed by atoms with van der Waals surface area (Å²) in [6.45, 7) is 6.64. The molecule has 0 aliphatic heterocycles. The van der Waals surface area contributed by atoms with Crippen LogP contribution in [0.4, 0.5) is 34.5 Å². The summed E-state index contributed by atoms with van der Waals surface area (Å²) in [4.78, 5) is 30.4. The van der Waals surface area contributed by atoms with Gasteiger partial charge in [0.2, 0.25) is 11.6 Å². The van der Waals surface area contributed by atoms with Gasteiger partial charge < -0.3 is 17.2 Å². The van der Waals surface area contributed by atoms with Gasteiger partial charge in [-0.05, 0) is 12.1 Å². The molecule has 0 saturated carbocycles. The van der Waals surface area contributed by atoms with Crippen LogP contribution in [0.25, 0.3) is 15.7 Å². The summed E-state index contributed by atoms with van der Waals surface area (Å²) in [5.74, 6) is 0.190. The molecule has 0 spiro atoms. The molecule has 0 unspecified atom stereocenters. The normalized spacial score (nSPS) is 9.74. The number of benzene rings is 2. The first kappa shape index (κ1) is 18.8. The Morgan fingerprint density at radius 2 is 1.52 bits per heavy atom. The molecular weight excluding hydrogens is 356 g/mol. The summed E-state index contributed by atoms with van der Waals surface area (Å²) >= 11 is 0. The average molecular weight is 368 g/mol. The van der Waals surface area contributed by atoms with E-state index in [-0.39, 0.29) is 34.5 Å². The lowest BCUT2D eigenvalue weighted by atomic mass is 10.2. The van der Waals surface area contributed by atoms with E-state index < -0.39 is 9.85 Å². The minimum atomic E-state index is -0.561. The summed E-state index contributed by atoms with van der Waals surface area (Å²) in [7, 11) is 0. The average Bonchev–Trinajstić information content (AvgIpc) is 2.62. The van der Waals surface area contributed by atoms with Crippen LogP contribution >= 0.6 is 0 Å². The molecule has 6 N–H and O–H groups in total. The van der Waals surface area contributed by atoms with Gasteiger partial charge in [0.15, 0.2) is 0 Å². The highest BCUT2D eigenvalue weighted by molar-refractivity contribution is 5.90. The Morgan fingerprint density at radius 1 is 0.926 bits per heavy atom. The zero-order valence-electron chi connectivity index (χ0n) is 13.6. The molecule has 0 radical (unpaired) electrons. The van der Waals surface area contributed by atoms with Crippen LogP contribution in [-0.2, 0) is 0 Å². The fourth-order valence-corrected chi connectivity index (χ4v) is 2.01. The molecule has 0 fully saturated rings. The van der Waals surface area contributed by atoms with E-state index in [1.54, 1.807) is 0 Å². The number of nitrogens with two attached hydrogens (primary N) is 3. The molecule has 1 aromatic heterocycles. The first-order valence-corrected chi connectivity index (χ1v) is 7.11. The van der Waals surface area contributed by atoms with Crippen LogP contribution in [-0.4, -0.2) is 19.8 Å². The van der Waals surface area contributed by atoms with Crippen molar-refractivity contribution in [3.05, 3.63) is 68.0 Å². The van der Waals surface area contributed by atoms with E-state index in [0.717, 1.165) is 6.07 Å². The first-order valence-electron chi connectivity index (χ1n) is 7.11. The lowest BCUT2D eigenvalue weighted by Gasteiger charge is -2.01. The van der Waals surface area contributed by atoms with Gasteiger partial charge in [-0.1, -0.05) is 0 Å². The van der Waals surface area contributed by atoms with Crippen LogP contribution in [0.2, 0.25) is 0 Å². The SMILES string of the molecule is Nc1nc(N)c2cc([N+](=O)[O-])ccc2n1.[C-]#[N+]c1cc([N+](=O)[O-])ccc1N. The molecule has 3 aromatic rings. The number of hydrogen-bond donors (Lipinski definition) is 3. The van der Waals surface area contributed by atoms with Crippen molar-refractivity contribution in [2.45, 2.75) is 0 Å². The molecule has 0 atom stereocenters. The summed E-state index contributed by atoms with van der Waals surface area (Å²) in [6.07, 6.45) is 0. The molecule has 12 heteroatoms. The molecule has 0 aliphatic carbocycles. The van der Waals surface area contributed by atoms with Crippen molar-refractivity contribution in [1.29, 1.82) is 0 Å². The molecule has 0 aliphatic rings. The van der Waals surface area contributed by atoms with E-state index >= 15 is 0 Å². The molecule has 2 aromatic carbocycles. The lowest BCUT2D eigenvalue weighted by Crippen LogP contribution is -2.00. The van der Waals surface area contributed by atoms with E-state index in [0.29, 0.717) is 10.9 Å². The van der Waals surface area contributed by atoms with Crippen LogP contribution in [0.5, 0.6) is 0 Å². The minimum absolute atomic E-state index is 0.0499. The molecule has 27 heavy (non-hydrogen) atoms. The number of fused-ring (bicyclic) bond motifs is 1. The fourth-order valence-electron chi connectivity index (χ4n) is 2.01. The third-order valence-corrected chi connectivity index (χ3v) is 3.28. The van der Waals surface area contributed by atoms with Gasteiger partial charge >= 0.3 is 0 Å². The third kappa shape index (κ3) is 4.31. The minimum Gasteiger partial charge on any atom is -0.407 e. The molecule has 1 heterocycles. The van der Waals surface area contributed by atoms with Crippen LogP contribution in [0, 0.1) is 26.8 Å². The zero-order valence-corrected chi connectivity index (χ0v) is 13.6. The van der Waals surface area contributed by atoms with E-state index in [1.165, 1.54) is 30.3 Å². The number of nitrogen functional groups attached to an aromatic ring is 3. The van der Waals surface area contributed by atoms with Crippen molar-refractivity contribution in [2.24, 2.45) is 0 Å². The summed E-state index contributed by atoms with van der Waals surface area (Å²) < 4.78 is 0. The molecule has 136 valence electrons. The second kappa shape index (κ2) is 7.57. The van der Waals surface area contributed by atoms with Crippen LogP contribution in [0.15, 0.2) is 36.4 Å². The number of nitrogens with zero attached hydrogens (tertiary/aromatic N) is 5. The van der Waals surface area contributed by atoms with E-state index in [1.807, 2.05) is 0 Å². The van der Waals surface area contributed by atoms with Gasteiger partial charge in [0, 0.05) is 35.3 Å². The number of anilines is 3. The Labute approximate surface area is 151 Å². The van der Waals surface area contributed by atoms with E-state index in [2.05, 4.69) is 14.8 Å². The van der Waals surface area contributed by atoms with Gasteiger partial charge in [0.1, 0.15) is 5.82 Å². The number of hydrogen-bond acceptors (Lipinski definition) is 9. The third-order valence-electron chi connectivity index (χ3n) is 3.28. The smallest absolute Gasteiger partial charge is 0.270 e. The van der Waals surface area contributed by atoms with Gasteiger partial charge in [-0.3, -0.25) is 20.2 Å². The standard InChI is InChI=1S/C8H7N5O2.C7H5N3O2/c9-7-5-3-4(13(14)15)1-2-6(5)11-8(10)12-7;1-9-7-4-5(10(11)12)2-3-6(7)8/h1-3H,(H4,9,10,11,12);2-4H,8H2. The van der Waals surface area contributed by atoms with Gasteiger partial charge in [0.05, 0.1) is 21.9 Å². The Bertz CT molecular complexity index is 1090. The highest BCUT2D eigenvalue weighted by Gasteiger charge is 2.10. The number of rotatable bonds is 2. The van der Waals surface area contributed by atoms with Crippen molar-refractivity contribution in [1.82, 2.24) is 9.97 Å². The highest BCUT2D eigenvalue weighted by atomic mass is 16.6. The Morgan fingerprint density at radius 3 is 2.11 bits per heavy atom. The maximum atomic E-state index is 10.5. The van der Waals surface area contributed by atoms with Gasteiger partial charge in [-0.25, -0.2) is 9.83 Å². The Balaban J connectivity index is 0.000000199. The number of nitro benzene ring substituents is 2. The predicted molar refractivity (Wildman–Crippen MR) is 98.8 cm³/mol. The van der Waals surface area contributed by atoms with Crippen LogP contribution in [0.1, 0.15) is 0 Å². The van der Waals surface area contributed by atoms with Crippen molar-refractivity contribution in [2.75, 3.05) is 17.2 Å². The van der Waals surface area contributed by atoms with Crippen molar-refractivity contribution >= 4 is 45.4 Å². The molecule has 0 saturated heterocycles. The van der Waals surface area contributed by atoms with Gasteiger partial charge in [-0.2, -0.15) is 4.98 Å². The van der Waals surface area contributed by atoms with Gasteiger partial charge in [0.25, 0.3) is 11.4 Å². The molecule has 3 rings (SSSR count). The van der Waals surface area contributed by atoms with Gasteiger partial charge in [-0.15, -0.1) is 0 Å². The first-order chi connectivity index (χ1) is 12.7. The highest BCUT2D eigenvalue weighted by Crippen LogP contribution is 2.26. The largest absolute Gasteiger partial charge is 0.407 e. The summed E-state index contributed by atoms with van der Waals surface area (Å²) in [5, 5.41) is 21.2. The fraction of sp³-hybridized carbons (Fsp3) is 0. The maximum Gasteiger partial charge on any atom is 0.270 e. The summed E-state index contributed by atoms with van der Waals surface area (Å²) in [6, 6.07) is 7.93. The number of non-ortho nitro benzene ring substituents is 2. The zero-order chi connectivity index (χ0) is 20.1. The predicted octanol–water partition coefficient (Wildman–Crippen LogP) is 2.43. The van der Waals surface area contributed by atoms with E-state index in [4.69, 9.17) is 23.8 Å². The van der Waals surface area contributed by atoms with Crippen molar-refractivity contribution in [3.63, 3.8) is 0 Å². The monoisotopic (exact) mass is 368 g/mol.